The van der Waals surface area contributed by atoms with E-state index >= 15 is 0 Å². The van der Waals surface area contributed by atoms with E-state index in [1.807, 2.05) is 24.3 Å². The van der Waals surface area contributed by atoms with Gasteiger partial charge in [0.2, 0.25) is 17.7 Å². The van der Waals surface area contributed by atoms with Crippen LogP contribution in [-0.2, 0) is 39.8 Å². The monoisotopic (exact) mass is 904 g/mol. The first-order chi connectivity index (χ1) is 28.7. The van der Waals surface area contributed by atoms with Crippen LogP contribution < -0.4 is 37.2 Å². The van der Waals surface area contributed by atoms with E-state index < -0.39 is 110 Å². The van der Waals surface area contributed by atoms with Gasteiger partial charge in [-0.05, 0) is 120 Å². The number of nitrogens with one attached hydrogen (secondary N) is 7. The summed E-state index contributed by atoms with van der Waals surface area (Å²) in [5, 5.41) is 17.6. The Labute approximate surface area is 374 Å². The maximum atomic E-state index is 13.9. The third-order valence-electron chi connectivity index (χ3n) is 7.53. The van der Waals surface area contributed by atoms with Crippen LogP contribution >= 0.6 is 0 Å². The Balaban J connectivity index is 3.34. The number of rotatable bonds is 17. The molecule has 3 atom stereocenters. The molecule has 19 heteroatoms. The molecule has 0 aromatic heterocycles. The van der Waals surface area contributed by atoms with E-state index in [-0.39, 0.29) is 6.54 Å². The van der Waals surface area contributed by atoms with E-state index in [0.717, 1.165) is 17.5 Å². The topological polar surface area (TPSA) is 241 Å². The van der Waals surface area contributed by atoms with Crippen molar-refractivity contribution in [2.75, 3.05) is 26.2 Å². The van der Waals surface area contributed by atoms with E-state index in [2.05, 4.69) is 68.3 Å². The molecule has 7 N–H and O–H groups in total. The van der Waals surface area contributed by atoms with Gasteiger partial charge in [0.1, 0.15) is 48.6 Å². The van der Waals surface area contributed by atoms with Gasteiger partial charge in [-0.3, -0.25) is 14.4 Å². The van der Waals surface area contributed by atoms with E-state index in [9.17, 15) is 33.6 Å². The zero-order valence-corrected chi connectivity index (χ0v) is 41.0. The summed E-state index contributed by atoms with van der Waals surface area (Å²) >= 11 is 0. The Morgan fingerprint density at radius 1 is 0.540 bits per heavy atom. The Morgan fingerprint density at radius 2 is 0.952 bits per heavy atom. The molecule has 1 aromatic carbocycles. The third kappa shape index (κ3) is 27.9. The minimum absolute atomic E-state index is 0.205. The minimum atomic E-state index is -1.55. The molecule has 63 heavy (non-hydrogen) atoms. The molecule has 0 bridgehead atoms. The lowest BCUT2D eigenvalue weighted by Gasteiger charge is -2.27. The fourth-order valence-corrected chi connectivity index (χ4v) is 5.50. The predicted octanol–water partition coefficient (Wildman–Crippen LogP) is 4.79. The lowest BCUT2D eigenvalue weighted by atomic mass is 10.1. The van der Waals surface area contributed by atoms with Crippen LogP contribution in [0.1, 0.15) is 107 Å². The maximum absolute atomic E-state index is 13.9. The van der Waals surface area contributed by atoms with E-state index in [1.165, 1.54) is 0 Å². The van der Waals surface area contributed by atoms with Crippen molar-refractivity contribution < 1.29 is 52.5 Å². The molecule has 7 amide bonds. The highest BCUT2D eigenvalue weighted by Crippen LogP contribution is 2.11. The van der Waals surface area contributed by atoms with Gasteiger partial charge in [-0.25, -0.2) is 19.2 Å². The first-order valence-electron chi connectivity index (χ1n) is 21.1. The highest BCUT2D eigenvalue weighted by Gasteiger charge is 2.32. The number of hydrogen-bond donors (Lipinski definition) is 7. The van der Waals surface area contributed by atoms with Crippen LogP contribution in [0.4, 0.5) is 19.2 Å². The van der Waals surface area contributed by atoms with Crippen molar-refractivity contribution in [2.24, 2.45) is 0 Å². The van der Waals surface area contributed by atoms with Gasteiger partial charge in [-0.15, -0.1) is 5.54 Å². The lowest BCUT2D eigenvalue weighted by molar-refractivity contribution is -0.130. The van der Waals surface area contributed by atoms with E-state index in [4.69, 9.17) is 18.9 Å². The summed E-state index contributed by atoms with van der Waals surface area (Å²) in [6.07, 6.45) is -1.68. The van der Waals surface area contributed by atoms with Gasteiger partial charge < -0.3 is 56.2 Å². The molecule has 0 fully saturated rings. The number of alkyl carbamates (subject to hydrolysis) is 4. The van der Waals surface area contributed by atoms with Crippen LogP contribution in [0.5, 0.6) is 0 Å². The first-order valence-corrected chi connectivity index (χ1v) is 24.6. The molecule has 0 saturated heterocycles. The van der Waals surface area contributed by atoms with Crippen molar-refractivity contribution in [2.45, 2.75) is 163 Å². The number of hydrogen-bond acceptors (Lipinski definition) is 11. The quantitative estimate of drug-likeness (QED) is 0.0485. The molecule has 0 aliphatic heterocycles. The maximum Gasteiger partial charge on any atom is 0.408 e. The smallest absolute Gasteiger partial charge is 0.408 e. The van der Waals surface area contributed by atoms with Gasteiger partial charge in [-0.2, -0.15) is 0 Å². The molecule has 18 nitrogen and oxygen atoms in total. The molecular formula is C44H73N7O11Si. The van der Waals surface area contributed by atoms with Gasteiger partial charge in [0.15, 0.2) is 0 Å². The molecule has 0 aliphatic rings. The van der Waals surface area contributed by atoms with Gasteiger partial charge in [-0.1, -0.05) is 37.7 Å². The zero-order chi connectivity index (χ0) is 48.4. The summed E-state index contributed by atoms with van der Waals surface area (Å²) in [6, 6.07) is 3.64. The molecule has 0 saturated carbocycles. The highest BCUT2D eigenvalue weighted by molar-refractivity contribution is 6.83. The summed E-state index contributed by atoms with van der Waals surface area (Å²) in [4.78, 5) is 91.9. The standard InChI is InChI=1S/C44H73N7O11Si/c1-41(2,3)59-37(55)47-27-32(50-39(57)61-43(7,8)9)35(53)46-26-31(34(52)45-23-17-16-19-29-20-18-21-30(25-29)22-24-63(13,14)15)49-36(54)33(51-40(58)62-44(10,11)12)28-48-38(56)60-42(4,5)6/h18,20-21,25,31-33H,16-17,19,23,26-28H2,1-15H3,(H,45,52)(H,46,53)(H,47,55)(H,48,56)(H,49,54)(H,50,57)(H,51,58)/t31-,32-,33-/m0/s1. The third-order valence-corrected chi connectivity index (χ3v) is 8.40. The average molecular weight is 904 g/mol. The van der Waals surface area contributed by atoms with Crippen molar-refractivity contribution in [1.82, 2.24) is 37.2 Å². The summed E-state index contributed by atoms with van der Waals surface area (Å²) in [6.45, 7) is 25.0. The van der Waals surface area contributed by atoms with Gasteiger partial charge in [0.25, 0.3) is 0 Å². The van der Waals surface area contributed by atoms with Crippen molar-refractivity contribution in [3.05, 3.63) is 35.4 Å². The van der Waals surface area contributed by atoms with E-state index in [0.29, 0.717) is 12.8 Å². The molecule has 1 rings (SSSR count). The van der Waals surface area contributed by atoms with Crippen molar-refractivity contribution in [1.29, 1.82) is 0 Å². The second-order valence-corrected chi connectivity index (χ2v) is 24.7. The number of aryl methyl sites for hydroxylation is 1. The first kappa shape index (κ1) is 55.5. The molecule has 0 spiro atoms. The van der Waals surface area contributed by atoms with Crippen LogP contribution in [0.15, 0.2) is 24.3 Å². The highest BCUT2D eigenvalue weighted by atomic mass is 28.3. The fraction of sp³-hybridized carbons (Fsp3) is 0.659. The molecule has 0 aliphatic carbocycles. The second kappa shape index (κ2) is 24.4. The van der Waals surface area contributed by atoms with Gasteiger partial charge >= 0.3 is 24.4 Å². The summed E-state index contributed by atoms with van der Waals surface area (Å²) < 4.78 is 21.2. The summed E-state index contributed by atoms with van der Waals surface area (Å²) in [7, 11) is -1.55. The zero-order valence-electron chi connectivity index (χ0n) is 40.0. The lowest BCUT2D eigenvalue weighted by Crippen LogP contribution is -2.61. The Kier molecular flexibility index (Phi) is 21.5. The minimum Gasteiger partial charge on any atom is -0.444 e. The van der Waals surface area contributed by atoms with Crippen molar-refractivity contribution in [3.8, 4) is 11.5 Å². The largest absolute Gasteiger partial charge is 0.444 e. The summed E-state index contributed by atoms with van der Waals surface area (Å²) in [5.74, 6) is 0.809. The average Bonchev–Trinajstić information content (AvgIpc) is 3.09. The van der Waals surface area contributed by atoms with Crippen LogP contribution in [0.3, 0.4) is 0 Å². The van der Waals surface area contributed by atoms with Crippen LogP contribution in [0.2, 0.25) is 19.6 Å². The molecule has 0 radical (unpaired) electrons. The number of carbonyl (C=O) groups excluding carboxylic acids is 7. The van der Waals surface area contributed by atoms with Crippen LogP contribution in [0, 0.1) is 11.5 Å². The second-order valence-electron chi connectivity index (χ2n) is 19.9. The normalized spacial score (nSPS) is 13.3. The SMILES string of the molecule is CC(C)(C)OC(=O)NC[C@H](NC(=O)OC(C)(C)C)C(=O)NC[C@H](NC(=O)[C@H](CNC(=O)OC(C)(C)C)NC(=O)OC(C)(C)C)C(=O)NCCCCc1cccc(C#C[Si](C)(C)C)c1. The number of ether oxygens (including phenoxy) is 4. The fourth-order valence-electron chi connectivity index (χ4n) is 4.98. The number of amides is 7. The summed E-state index contributed by atoms with van der Waals surface area (Å²) in [5.41, 5.74) is 1.81. The molecule has 0 unspecified atom stereocenters. The molecule has 354 valence electrons. The van der Waals surface area contributed by atoms with Gasteiger partial charge in [0.05, 0.1) is 13.1 Å². The molecule has 0 heterocycles. The number of benzene rings is 1. The molecular weight excluding hydrogens is 831 g/mol. The van der Waals surface area contributed by atoms with Crippen molar-refractivity contribution >= 4 is 50.2 Å². The number of unbranched alkanes of at least 4 members (excludes halogenated alkanes) is 1. The predicted molar refractivity (Wildman–Crippen MR) is 242 cm³/mol. The number of carbonyl (C=O) groups is 7. The Hall–Kier alpha value is -5.51. The van der Waals surface area contributed by atoms with Crippen molar-refractivity contribution in [3.63, 3.8) is 0 Å². The molecule has 1 aromatic rings. The van der Waals surface area contributed by atoms with Crippen LogP contribution in [-0.4, -0.2) is 117 Å². The van der Waals surface area contributed by atoms with Gasteiger partial charge in [0, 0.05) is 18.7 Å². The Bertz CT molecular complexity index is 1790. The van der Waals surface area contributed by atoms with E-state index in [1.54, 1.807) is 83.1 Å². The Morgan fingerprint density at radius 3 is 1.41 bits per heavy atom. The van der Waals surface area contributed by atoms with Crippen LogP contribution in [0.25, 0.3) is 0 Å².